The van der Waals surface area contributed by atoms with E-state index in [1.165, 1.54) is 11.1 Å². The SMILES string of the molecule is O=C1N(CCN2CCOCC2)CCC12CCN(Cc1ccc3c(c1)CCO3)C2. The first-order valence-electron chi connectivity index (χ1n) is 10.8. The zero-order valence-corrected chi connectivity index (χ0v) is 16.7. The Kier molecular flexibility index (Phi) is 5.03. The number of nitrogens with zero attached hydrogens (tertiary/aromatic N) is 3. The van der Waals surface area contributed by atoms with Crippen molar-refractivity contribution in [3.05, 3.63) is 29.3 Å². The van der Waals surface area contributed by atoms with Crippen LogP contribution < -0.4 is 4.74 Å². The van der Waals surface area contributed by atoms with E-state index in [0.717, 1.165) is 97.2 Å². The fourth-order valence-electron chi connectivity index (χ4n) is 5.26. The number of amides is 1. The lowest BCUT2D eigenvalue weighted by Gasteiger charge is -2.29. The first-order chi connectivity index (χ1) is 13.7. The van der Waals surface area contributed by atoms with Crippen molar-refractivity contribution in [2.75, 3.05) is 65.6 Å². The molecule has 5 rings (SSSR count). The van der Waals surface area contributed by atoms with Gasteiger partial charge in [0.15, 0.2) is 0 Å². The minimum absolute atomic E-state index is 0.134. The van der Waals surface area contributed by atoms with E-state index in [1.54, 1.807) is 0 Å². The summed E-state index contributed by atoms with van der Waals surface area (Å²) in [5.41, 5.74) is 2.54. The molecule has 1 aromatic carbocycles. The highest BCUT2D eigenvalue weighted by molar-refractivity contribution is 5.85. The number of carbonyl (C=O) groups is 1. The zero-order chi connectivity index (χ0) is 19.0. The molecule has 0 aliphatic carbocycles. The van der Waals surface area contributed by atoms with Crippen LogP contribution in [0.2, 0.25) is 0 Å². The minimum atomic E-state index is -0.134. The summed E-state index contributed by atoms with van der Waals surface area (Å²) in [6.07, 6.45) is 3.04. The molecule has 0 bridgehead atoms. The smallest absolute Gasteiger partial charge is 0.230 e. The van der Waals surface area contributed by atoms with Crippen molar-refractivity contribution in [3.8, 4) is 5.75 Å². The summed E-state index contributed by atoms with van der Waals surface area (Å²) in [5, 5.41) is 0. The minimum Gasteiger partial charge on any atom is -0.493 e. The lowest BCUT2D eigenvalue weighted by atomic mass is 9.85. The van der Waals surface area contributed by atoms with Gasteiger partial charge < -0.3 is 14.4 Å². The maximum atomic E-state index is 13.2. The van der Waals surface area contributed by atoms with Crippen molar-refractivity contribution in [2.45, 2.75) is 25.8 Å². The molecule has 1 aromatic rings. The number of morpholine rings is 1. The zero-order valence-electron chi connectivity index (χ0n) is 16.7. The van der Waals surface area contributed by atoms with Gasteiger partial charge in [-0.1, -0.05) is 12.1 Å². The van der Waals surface area contributed by atoms with Crippen LogP contribution in [-0.2, 0) is 22.5 Å². The Morgan fingerprint density at radius 3 is 2.71 bits per heavy atom. The molecule has 3 fully saturated rings. The van der Waals surface area contributed by atoms with Crippen molar-refractivity contribution >= 4 is 5.91 Å². The molecule has 6 heteroatoms. The van der Waals surface area contributed by atoms with Crippen LogP contribution in [0.25, 0.3) is 0 Å². The highest BCUT2D eigenvalue weighted by atomic mass is 16.5. The van der Waals surface area contributed by atoms with E-state index in [-0.39, 0.29) is 5.41 Å². The summed E-state index contributed by atoms with van der Waals surface area (Å²) in [6.45, 7) is 10.1. The number of ether oxygens (including phenoxy) is 2. The van der Waals surface area contributed by atoms with Crippen molar-refractivity contribution in [3.63, 3.8) is 0 Å². The fourth-order valence-corrected chi connectivity index (χ4v) is 5.26. The van der Waals surface area contributed by atoms with Crippen LogP contribution in [0.3, 0.4) is 0 Å². The van der Waals surface area contributed by atoms with Crippen LogP contribution in [0.4, 0.5) is 0 Å². The number of carbonyl (C=O) groups excluding carboxylic acids is 1. The van der Waals surface area contributed by atoms with Gasteiger partial charge in [0, 0.05) is 52.2 Å². The van der Waals surface area contributed by atoms with Crippen LogP contribution in [-0.4, -0.2) is 86.2 Å². The molecule has 0 N–H and O–H groups in total. The third kappa shape index (κ3) is 3.53. The molecule has 0 saturated carbocycles. The summed E-state index contributed by atoms with van der Waals surface area (Å²) in [7, 11) is 0. The normalized spacial score (nSPS) is 28.3. The van der Waals surface area contributed by atoms with Crippen molar-refractivity contribution in [1.29, 1.82) is 0 Å². The van der Waals surface area contributed by atoms with Crippen LogP contribution in [0.1, 0.15) is 24.0 Å². The molecule has 0 radical (unpaired) electrons. The van der Waals surface area contributed by atoms with Gasteiger partial charge in [-0.05, 0) is 36.6 Å². The highest BCUT2D eigenvalue weighted by Gasteiger charge is 2.50. The van der Waals surface area contributed by atoms with Crippen molar-refractivity contribution in [2.24, 2.45) is 5.41 Å². The standard InChI is InChI=1S/C22H31N3O3/c26-21-22(5-7-25(21)9-8-23-10-13-27-14-11-23)4-6-24(17-22)16-18-1-2-20-19(15-18)3-12-28-20/h1-2,15H,3-14,16-17H2. The van der Waals surface area contributed by atoms with E-state index >= 15 is 0 Å². The lowest BCUT2D eigenvalue weighted by Crippen LogP contribution is -2.43. The van der Waals surface area contributed by atoms with Gasteiger partial charge >= 0.3 is 0 Å². The van der Waals surface area contributed by atoms with Crippen LogP contribution >= 0.6 is 0 Å². The molecule has 3 saturated heterocycles. The second-order valence-corrected chi connectivity index (χ2v) is 8.78. The summed E-state index contributed by atoms with van der Waals surface area (Å²) < 4.78 is 11.0. The van der Waals surface area contributed by atoms with Gasteiger partial charge in [0.2, 0.25) is 5.91 Å². The Morgan fingerprint density at radius 1 is 0.964 bits per heavy atom. The molecule has 4 heterocycles. The van der Waals surface area contributed by atoms with Crippen molar-refractivity contribution < 1.29 is 14.3 Å². The predicted molar refractivity (Wildman–Crippen MR) is 106 cm³/mol. The maximum absolute atomic E-state index is 13.2. The highest BCUT2D eigenvalue weighted by Crippen LogP contribution is 2.41. The third-order valence-corrected chi connectivity index (χ3v) is 6.98. The number of rotatable bonds is 5. The number of fused-ring (bicyclic) bond motifs is 1. The third-order valence-electron chi connectivity index (χ3n) is 6.98. The fraction of sp³-hybridized carbons (Fsp3) is 0.682. The number of hydrogen-bond donors (Lipinski definition) is 0. The van der Waals surface area contributed by atoms with Crippen LogP contribution in [0, 0.1) is 5.41 Å². The molecule has 6 nitrogen and oxygen atoms in total. The Hall–Kier alpha value is -1.63. The van der Waals surface area contributed by atoms with E-state index < -0.39 is 0 Å². The number of hydrogen-bond acceptors (Lipinski definition) is 5. The summed E-state index contributed by atoms with van der Waals surface area (Å²) in [6, 6.07) is 6.58. The van der Waals surface area contributed by atoms with E-state index in [9.17, 15) is 4.79 Å². The predicted octanol–water partition coefficient (Wildman–Crippen LogP) is 1.38. The molecule has 1 atom stereocenters. The van der Waals surface area contributed by atoms with E-state index in [4.69, 9.17) is 9.47 Å². The second-order valence-electron chi connectivity index (χ2n) is 8.78. The van der Waals surface area contributed by atoms with Crippen LogP contribution in [0.5, 0.6) is 5.75 Å². The summed E-state index contributed by atoms with van der Waals surface area (Å²) in [5.74, 6) is 1.44. The molecule has 4 aliphatic rings. The molecule has 152 valence electrons. The molecule has 1 unspecified atom stereocenters. The molecular weight excluding hydrogens is 354 g/mol. The summed E-state index contributed by atoms with van der Waals surface area (Å²) >= 11 is 0. The van der Waals surface area contributed by atoms with Gasteiger partial charge in [-0.15, -0.1) is 0 Å². The molecule has 28 heavy (non-hydrogen) atoms. The van der Waals surface area contributed by atoms with Crippen LogP contribution in [0.15, 0.2) is 18.2 Å². The second kappa shape index (κ2) is 7.65. The van der Waals surface area contributed by atoms with Gasteiger partial charge in [-0.3, -0.25) is 14.6 Å². The lowest BCUT2D eigenvalue weighted by molar-refractivity contribution is -0.135. The average Bonchev–Trinajstić information content (AvgIpc) is 3.42. The topological polar surface area (TPSA) is 45.2 Å². The quantitative estimate of drug-likeness (QED) is 0.766. The molecule has 1 amide bonds. The maximum Gasteiger partial charge on any atom is 0.230 e. The van der Waals surface area contributed by atoms with Gasteiger partial charge in [0.1, 0.15) is 5.75 Å². The molecular formula is C22H31N3O3. The van der Waals surface area contributed by atoms with E-state index in [2.05, 4.69) is 32.9 Å². The molecule has 1 spiro atoms. The molecule has 0 aromatic heterocycles. The van der Waals surface area contributed by atoms with Crippen molar-refractivity contribution in [1.82, 2.24) is 14.7 Å². The molecule has 4 aliphatic heterocycles. The van der Waals surface area contributed by atoms with E-state index in [1.807, 2.05) is 0 Å². The van der Waals surface area contributed by atoms with Gasteiger partial charge in [-0.2, -0.15) is 0 Å². The number of likely N-dealkylation sites (tertiary alicyclic amines) is 2. The summed E-state index contributed by atoms with van der Waals surface area (Å²) in [4.78, 5) is 20.2. The monoisotopic (exact) mass is 385 g/mol. The first-order valence-corrected chi connectivity index (χ1v) is 10.8. The first kappa shape index (κ1) is 18.4. The largest absolute Gasteiger partial charge is 0.493 e. The van der Waals surface area contributed by atoms with Gasteiger partial charge in [0.05, 0.1) is 25.2 Å². The Bertz CT molecular complexity index is 734. The van der Waals surface area contributed by atoms with Gasteiger partial charge in [0.25, 0.3) is 0 Å². The Labute approximate surface area is 167 Å². The number of benzene rings is 1. The Balaban J connectivity index is 1.16. The van der Waals surface area contributed by atoms with E-state index in [0.29, 0.717) is 5.91 Å². The van der Waals surface area contributed by atoms with Gasteiger partial charge in [-0.25, -0.2) is 0 Å². The Morgan fingerprint density at radius 2 is 1.82 bits per heavy atom. The average molecular weight is 386 g/mol.